The maximum atomic E-state index is 11.5. The van der Waals surface area contributed by atoms with E-state index in [2.05, 4.69) is 20.3 Å². The number of aromatic nitrogens is 3. The van der Waals surface area contributed by atoms with Gasteiger partial charge >= 0.3 is 6.09 Å². The lowest BCUT2D eigenvalue weighted by Crippen LogP contribution is -2.32. The molecule has 1 rings (SSSR count). The van der Waals surface area contributed by atoms with Gasteiger partial charge in [0.05, 0.1) is 18.9 Å². The standard InChI is InChI=1S/C11H19N5O3S/c1-3-5-16-8(6-12)14-15-10(16)20-7-9(17)13-11(18)19-4-2/h3-7,12H2,1-2H3,(H,13,17,18). The van der Waals surface area contributed by atoms with E-state index >= 15 is 0 Å². The number of hydrogen-bond donors (Lipinski definition) is 2. The minimum absolute atomic E-state index is 0.0607. The van der Waals surface area contributed by atoms with Crippen LogP contribution < -0.4 is 11.1 Å². The van der Waals surface area contributed by atoms with Gasteiger partial charge in [-0.1, -0.05) is 18.7 Å². The fraction of sp³-hybridized carbons (Fsp3) is 0.636. The van der Waals surface area contributed by atoms with Crippen LogP contribution in [0.5, 0.6) is 0 Å². The fourth-order valence-electron chi connectivity index (χ4n) is 1.47. The molecule has 0 spiro atoms. The number of amides is 2. The predicted octanol–water partition coefficient (Wildman–Crippen LogP) is 0.512. The molecule has 0 saturated heterocycles. The van der Waals surface area contributed by atoms with Crippen LogP contribution in [0, 0.1) is 0 Å². The lowest BCUT2D eigenvalue weighted by Gasteiger charge is -2.07. The summed E-state index contributed by atoms with van der Waals surface area (Å²) in [6, 6.07) is 0. The quantitative estimate of drug-likeness (QED) is 0.706. The Kier molecular flexibility index (Phi) is 7.02. The maximum Gasteiger partial charge on any atom is 0.413 e. The number of imide groups is 1. The molecule has 0 aliphatic carbocycles. The monoisotopic (exact) mass is 301 g/mol. The summed E-state index contributed by atoms with van der Waals surface area (Å²) in [6.07, 6.45) is 0.170. The number of nitrogens with zero attached hydrogens (tertiary/aromatic N) is 3. The van der Waals surface area contributed by atoms with Crippen molar-refractivity contribution < 1.29 is 14.3 Å². The Bertz CT molecular complexity index is 463. The summed E-state index contributed by atoms with van der Waals surface area (Å²) in [5.41, 5.74) is 5.58. The molecule has 0 fully saturated rings. The molecule has 8 nitrogen and oxygen atoms in total. The SMILES string of the molecule is CCCn1c(CN)nnc1SCC(=O)NC(=O)OCC. The molecular formula is C11H19N5O3S. The molecule has 20 heavy (non-hydrogen) atoms. The molecule has 2 amide bonds. The second kappa shape index (κ2) is 8.54. The van der Waals surface area contributed by atoms with Crippen LogP contribution in [-0.2, 0) is 22.6 Å². The molecule has 3 N–H and O–H groups in total. The molecule has 9 heteroatoms. The topological polar surface area (TPSA) is 112 Å². The van der Waals surface area contributed by atoms with E-state index < -0.39 is 12.0 Å². The molecule has 0 aliphatic rings. The van der Waals surface area contributed by atoms with Crippen LogP contribution in [0.3, 0.4) is 0 Å². The van der Waals surface area contributed by atoms with Crippen LogP contribution in [0.2, 0.25) is 0 Å². The van der Waals surface area contributed by atoms with Gasteiger partial charge in [0, 0.05) is 6.54 Å². The Morgan fingerprint density at radius 1 is 1.40 bits per heavy atom. The summed E-state index contributed by atoms with van der Waals surface area (Å²) in [4.78, 5) is 22.6. The van der Waals surface area contributed by atoms with Gasteiger partial charge in [-0.15, -0.1) is 10.2 Å². The van der Waals surface area contributed by atoms with Gasteiger partial charge in [-0.2, -0.15) is 0 Å². The minimum Gasteiger partial charge on any atom is -0.450 e. The average molecular weight is 301 g/mol. The molecule has 1 heterocycles. The van der Waals surface area contributed by atoms with Crippen molar-refractivity contribution in [2.24, 2.45) is 5.73 Å². The second-order valence-corrected chi connectivity index (χ2v) is 4.75. The van der Waals surface area contributed by atoms with E-state index in [1.165, 1.54) is 11.8 Å². The summed E-state index contributed by atoms with van der Waals surface area (Å²) < 4.78 is 6.50. The summed E-state index contributed by atoms with van der Waals surface area (Å²) >= 11 is 1.21. The second-order valence-electron chi connectivity index (χ2n) is 3.81. The lowest BCUT2D eigenvalue weighted by molar-refractivity contribution is -0.117. The molecule has 0 aromatic carbocycles. The first-order chi connectivity index (χ1) is 9.62. The number of thioether (sulfide) groups is 1. The molecule has 0 aliphatic heterocycles. The molecule has 112 valence electrons. The van der Waals surface area contributed by atoms with Gasteiger partial charge in [-0.3, -0.25) is 10.1 Å². The number of alkyl carbamates (subject to hydrolysis) is 1. The molecule has 0 bridgehead atoms. The Morgan fingerprint density at radius 3 is 2.75 bits per heavy atom. The van der Waals surface area contributed by atoms with Crippen molar-refractivity contribution in [3.63, 3.8) is 0 Å². The molecule has 1 aromatic heterocycles. The van der Waals surface area contributed by atoms with Gasteiger partial charge in [0.2, 0.25) is 5.91 Å². The molecular weight excluding hydrogens is 282 g/mol. The third-order valence-corrected chi connectivity index (χ3v) is 3.24. The van der Waals surface area contributed by atoms with Crippen LogP contribution in [0.4, 0.5) is 4.79 Å². The molecule has 0 unspecified atom stereocenters. The molecule has 0 radical (unpaired) electrons. The van der Waals surface area contributed by atoms with Crippen LogP contribution >= 0.6 is 11.8 Å². The fourth-order valence-corrected chi connectivity index (χ4v) is 2.26. The van der Waals surface area contributed by atoms with E-state index in [1.807, 2.05) is 11.5 Å². The van der Waals surface area contributed by atoms with Gasteiger partial charge in [0.25, 0.3) is 0 Å². The van der Waals surface area contributed by atoms with Gasteiger partial charge in [-0.25, -0.2) is 4.79 Å². The minimum atomic E-state index is -0.740. The zero-order chi connectivity index (χ0) is 15.0. The van der Waals surface area contributed by atoms with Crippen LogP contribution in [-0.4, -0.2) is 39.1 Å². The van der Waals surface area contributed by atoms with Gasteiger partial charge in [0.1, 0.15) is 5.82 Å². The van der Waals surface area contributed by atoms with E-state index in [1.54, 1.807) is 6.92 Å². The summed E-state index contributed by atoms with van der Waals surface area (Å²) in [6.45, 7) is 4.95. The van der Waals surface area contributed by atoms with Crippen LogP contribution in [0.1, 0.15) is 26.1 Å². The van der Waals surface area contributed by atoms with Crippen molar-refractivity contribution in [2.45, 2.75) is 38.5 Å². The maximum absolute atomic E-state index is 11.5. The Balaban J connectivity index is 2.54. The predicted molar refractivity (Wildman–Crippen MR) is 74.1 cm³/mol. The Labute approximate surface area is 121 Å². The molecule has 1 aromatic rings. The zero-order valence-corrected chi connectivity index (χ0v) is 12.4. The summed E-state index contributed by atoms with van der Waals surface area (Å²) in [7, 11) is 0. The summed E-state index contributed by atoms with van der Waals surface area (Å²) in [5, 5.41) is 10.7. The Hall–Kier alpha value is -1.61. The first-order valence-corrected chi connectivity index (χ1v) is 7.32. The average Bonchev–Trinajstić information content (AvgIpc) is 2.79. The Morgan fingerprint density at radius 2 is 2.15 bits per heavy atom. The van der Waals surface area contributed by atoms with Gasteiger partial charge in [0.15, 0.2) is 5.16 Å². The highest BCUT2D eigenvalue weighted by atomic mass is 32.2. The van der Waals surface area contributed by atoms with E-state index in [4.69, 9.17) is 5.73 Å². The van der Waals surface area contributed by atoms with Crippen molar-refractivity contribution in [1.29, 1.82) is 0 Å². The van der Waals surface area contributed by atoms with Crippen LogP contribution in [0.25, 0.3) is 0 Å². The van der Waals surface area contributed by atoms with Crippen molar-refractivity contribution >= 4 is 23.8 Å². The number of nitrogens with two attached hydrogens (primary N) is 1. The highest BCUT2D eigenvalue weighted by Crippen LogP contribution is 2.17. The first kappa shape index (κ1) is 16.4. The van der Waals surface area contributed by atoms with Crippen molar-refractivity contribution in [3.05, 3.63) is 5.82 Å². The number of hydrogen-bond acceptors (Lipinski definition) is 7. The van der Waals surface area contributed by atoms with Gasteiger partial charge < -0.3 is 15.0 Å². The van der Waals surface area contributed by atoms with Gasteiger partial charge in [-0.05, 0) is 13.3 Å². The molecule has 0 atom stereocenters. The number of carbonyl (C=O) groups is 2. The number of rotatable bonds is 7. The third-order valence-electron chi connectivity index (χ3n) is 2.27. The smallest absolute Gasteiger partial charge is 0.413 e. The normalized spacial score (nSPS) is 10.3. The van der Waals surface area contributed by atoms with E-state index in [-0.39, 0.29) is 12.4 Å². The highest BCUT2D eigenvalue weighted by Gasteiger charge is 2.14. The first-order valence-electron chi connectivity index (χ1n) is 6.33. The van der Waals surface area contributed by atoms with E-state index in [9.17, 15) is 9.59 Å². The summed E-state index contributed by atoms with van der Waals surface area (Å²) in [5.74, 6) is 0.305. The van der Waals surface area contributed by atoms with Crippen LogP contribution in [0.15, 0.2) is 5.16 Å². The number of carbonyl (C=O) groups excluding carboxylic acids is 2. The van der Waals surface area contributed by atoms with Crippen molar-refractivity contribution in [2.75, 3.05) is 12.4 Å². The van der Waals surface area contributed by atoms with E-state index in [0.29, 0.717) is 17.5 Å². The number of ether oxygens (including phenoxy) is 1. The molecule has 0 saturated carbocycles. The van der Waals surface area contributed by atoms with Crippen molar-refractivity contribution in [1.82, 2.24) is 20.1 Å². The third kappa shape index (κ3) is 4.82. The van der Waals surface area contributed by atoms with E-state index in [0.717, 1.165) is 13.0 Å². The van der Waals surface area contributed by atoms with Crippen molar-refractivity contribution in [3.8, 4) is 0 Å². The number of nitrogens with one attached hydrogen (secondary N) is 1. The zero-order valence-electron chi connectivity index (χ0n) is 11.6. The highest BCUT2D eigenvalue weighted by molar-refractivity contribution is 7.99. The lowest BCUT2D eigenvalue weighted by atomic mass is 10.4. The largest absolute Gasteiger partial charge is 0.450 e.